The molecule has 7 nitrogen and oxygen atoms in total. The predicted molar refractivity (Wildman–Crippen MR) is 35.8 cm³/mol. The summed E-state index contributed by atoms with van der Waals surface area (Å²) in [6.07, 6.45) is -0.682. The Balaban J connectivity index is 2.57. The van der Waals surface area contributed by atoms with Gasteiger partial charge in [-0.25, -0.2) is 0 Å². The van der Waals surface area contributed by atoms with Gasteiger partial charge in [-0.2, -0.15) is 0 Å². The second kappa shape index (κ2) is 3.68. The van der Waals surface area contributed by atoms with E-state index in [1.165, 1.54) is 6.61 Å². The average molecular weight is 153 g/mol. The van der Waals surface area contributed by atoms with Crippen molar-refractivity contribution >= 4 is 0 Å². The monoisotopic (exact) mass is 153 g/mol. The van der Waals surface area contributed by atoms with Gasteiger partial charge in [0.15, 0.2) is 0 Å². The Morgan fingerprint density at radius 3 is 2.27 bits per heavy atom. The zero-order chi connectivity index (χ0) is 8.10. The molecule has 1 radical (unpaired) electrons. The smallest absolute Gasteiger partial charge is 0.123 e. The molecule has 0 aromatic carbocycles. The normalized spacial score (nSPS) is 18.9. The fraction of sp³-hybridized carbons (Fsp3) is 0.750. The lowest BCUT2D eigenvalue weighted by atomic mass is 10.1. The van der Waals surface area contributed by atoms with Crippen LogP contribution in [-0.4, -0.2) is 12.8 Å². The van der Waals surface area contributed by atoms with Gasteiger partial charge in [-0.1, -0.05) is 10.2 Å². The predicted octanol–water partition coefficient (Wildman–Crippen LogP) is 1.74. The van der Waals surface area contributed by atoms with Crippen LogP contribution in [0.15, 0.2) is 10.2 Å². The third-order valence-corrected chi connectivity index (χ3v) is 1.28. The minimum atomic E-state index is -0.682. The van der Waals surface area contributed by atoms with E-state index in [4.69, 9.17) is 15.8 Å². The molecule has 0 saturated carbocycles. The third kappa shape index (κ3) is 1.75. The molecule has 1 rings (SSSR count). The van der Waals surface area contributed by atoms with Crippen LogP contribution in [0, 0.1) is 12.5 Å². The SMILES string of the molecule is [N-]=[N+]=NC(N=[N+]=[N-])C1[CH]OC1. The van der Waals surface area contributed by atoms with Gasteiger partial charge >= 0.3 is 0 Å². The topological polar surface area (TPSA) is 107 Å². The van der Waals surface area contributed by atoms with Crippen LogP contribution in [0.5, 0.6) is 0 Å². The van der Waals surface area contributed by atoms with Gasteiger partial charge in [0.1, 0.15) is 6.17 Å². The minimum Gasteiger partial charge on any atom is -0.375 e. The van der Waals surface area contributed by atoms with E-state index in [0.717, 1.165) is 0 Å². The molecular formula is C4H5N6O. The highest BCUT2D eigenvalue weighted by molar-refractivity contribution is 4.86. The summed E-state index contributed by atoms with van der Waals surface area (Å²) in [7, 11) is 0. The lowest BCUT2D eigenvalue weighted by molar-refractivity contribution is 0.0230. The average Bonchev–Trinajstić information content (AvgIpc) is 1.85. The Morgan fingerprint density at radius 1 is 1.45 bits per heavy atom. The molecule has 1 aliphatic heterocycles. The molecule has 1 aliphatic rings. The summed E-state index contributed by atoms with van der Waals surface area (Å²) in [5.74, 6) is -0.0678. The third-order valence-electron chi connectivity index (χ3n) is 1.28. The zero-order valence-corrected chi connectivity index (χ0v) is 5.53. The van der Waals surface area contributed by atoms with Crippen LogP contribution in [-0.2, 0) is 4.74 Å². The Bertz CT molecular complexity index is 205. The first-order valence-corrected chi connectivity index (χ1v) is 2.92. The lowest BCUT2D eigenvalue weighted by Crippen LogP contribution is -2.31. The largest absolute Gasteiger partial charge is 0.375 e. The maximum Gasteiger partial charge on any atom is 0.123 e. The minimum absolute atomic E-state index is 0.0678. The molecule has 1 heterocycles. The molecule has 0 amide bonds. The second-order valence-electron chi connectivity index (χ2n) is 1.96. The second-order valence-corrected chi connectivity index (χ2v) is 1.96. The highest BCUT2D eigenvalue weighted by Gasteiger charge is 2.27. The van der Waals surface area contributed by atoms with Gasteiger partial charge in [0.05, 0.1) is 13.2 Å². The van der Waals surface area contributed by atoms with Crippen molar-refractivity contribution in [2.75, 3.05) is 6.61 Å². The van der Waals surface area contributed by atoms with Gasteiger partial charge < -0.3 is 4.74 Å². The van der Waals surface area contributed by atoms with E-state index in [2.05, 4.69) is 20.1 Å². The summed E-state index contributed by atoms with van der Waals surface area (Å²) in [6.45, 7) is 1.94. The van der Waals surface area contributed by atoms with Crippen molar-refractivity contribution in [3.05, 3.63) is 27.5 Å². The molecule has 1 fully saturated rings. The summed E-state index contributed by atoms with van der Waals surface area (Å²) in [6, 6.07) is 0. The molecule has 0 aliphatic carbocycles. The maximum absolute atomic E-state index is 8.05. The zero-order valence-electron chi connectivity index (χ0n) is 5.53. The van der Waals surface area contributed by atoms with E-state index < -0.39 is 6.17 Å². The number of ether oxygens (including phenoxy) is 1. The van der Waals surface area contributed by atoms with Gasteiger partial charge in [0.25, 0.3) is 0 Å². The fourth-order valence-corrected chi connectivity index (χ4v) is 0.664. The Kier molecular flexibility index (Phi) is 2.57. The van der Waals surface area contributed by atoms with E-state index >= 15 is 0 Å². The lowest BCUT2D eigenvalue weighted by Gasteiger charge is -2.27. The molecule has 1 atom stereocenters. The van der Waals surface area contributed by atoms with Crippen molar-refractivity contribution in [3.63, 3.8) is 0 Å². The van der Waals surface area contributed by atoms with Crippen LogP contribution in [0.2, 0.25) is 0 Å². The first-order chi connectivity index (χ1) is 5.38. The number of rotatable bonds is 3. The number of azide groups is 1. The van der Waals surface area contributed by atoms with Gasteiger partial charge in [-0.3, -0.25) is 0 Å². The Labute approximate surface area is 62.2 Å². The molecule has 1 unspecified atom stereocenters. The van der Waals surface area contributed by atoms with Crippen LogP contribution in [0.4, 0.5) is 0 Å². The van der Waals surface area contributed by atoms with E-state index in [1.54, 1.807) is 0 Å². The van der Waals surface area contributed by atoms with Crippen LogP contribution in [0.1, 0.15) is 0 Å². The summed E-state index contributed by atoms with van der Waals surface area (Å²) >= 11 is 0. The summed E-state index contributed by atoms with van der Waals surface area (Å²) < 4.78 is 4.72. The van der Waals surface area contributed by atoms with Crippen molar-refractivity contribution < 1.29 is 4.74 Å². The van der Waals surface area contributed by atoms with Crippen molar-refractivity contribution in [3.8, 4) is 0 Å². The molecule has 0 bridgehead atoms. The number of nitrogens with zero attached hydrogens (tertiary/aromatic N) is 6. The first kappa shape index (κ1) is 7.68. The van der Waals surface area contributed by atoms with Crippen molar-refractivity contribution in [2.24, 2.45) is 16.1 Å². The quantitative estimate of drug-likeness (QED) is 0.343. The molecular weight excluding hydrogens is 148 g/mol. The molecule has 57 valence electrons. The van der Waals surface area contributed by atoms with E-state index in [9.17, 15) is 0 Å². The van der Waals surface area contributed by atoms with Crippen LogP contribution in [0.3, 0.4) is 0 Å². The van der Waals surface area contributed by atoms with E-state index in [-0.39, 0.29) is 5.92 Å². The van der Waals surface area contributed by atoms with Crippen LogP contribution < -0.4 is 0 Å². The van der Waals surface area contributed by atoms with Gasteiger partial charge in [-0.05, 0) is 11.1 Å². The number of hydrogen-bond acceptors (Lipinski definition) is 3. The van der Waals surface area contributed by atoms with Crippen molar-refractivity contribution in [1.29, 1.82) is 0 Å². The number of hydrogen-bond donors (Lipinski definition) is 0. The van der Waals surface area contributed by atoms with Gasteiger partial charge in [-0.15, -0.1) is 0 Å². The van der Waals surface area contributed by atoms with Crippen molar-refractivity contribution in [1.82, 2.24) is 0 Å². The first-order valence-electron chi connectivity index (χ1n) is 2.92. The molecule has 0 N–H and O–H groups in total. The van der Waals surface area contributed by atoms with Crippen LogP contribution >= 0.6 is 0 Å². The van der Waals surface area contributed by atoms with E-state index in [0.29, 0.717) is 6.61 Å². The standard InChI is InChI=1S/C4H5N6O/c5-9-7-4(8-10-6)3-1-11-2-3/h1,3-4H,2H2. The molecule has 0 aromatic rings. The summed E-state index contributed by atoms with van der Waals surface area (Å²) in [5, 5.41) is 6.57. The molecule has 1 saturated heterocycles. The molecule has 11 heavy (non-hydrogen) atoms. The van der Waals surface area contributed by atoms with Crippen LogP contribution in [0.25, 0.3) is 20.9 Å². The highest BCUT2D eigenvalue weighted by Crippen LogP contribution is 2.22. The molecule has 0 aromatic heterocycles. The molecule has 0 spiro atoms. The fourth-order valence-electron chi connectivity index (χ4n) is 0.664. The summed E-state index contributed by atoms with van der Waals surface area (Å²) in [4.78, 5) is 5.08. The maximum atomic E-state index is 8.05. The summed E-state index contributed by atoms with van der Waals surface area (Å²) in [5.41, 5.74) is 16.1. The Hall–Kier alpha value is -1.42. The Morgan fingerprint density at radius 2 is 2.00 bits per heavy atom. The van der Waals surface area contributed by atoms with Gasteiger partial charge in [0, 0.05) is 15.7 Å². The van der Waals surface area contributed by atoms with Gasteiger partial charge in [0.2, 0.25) is 0 Å². The molecule has 7 heteroatoms. The van der Waals surface area contributed by atoms with Crippen molar-refractivity contribution in [2.45, 2.75) is 6.17 Å². The van der Waals surface area contributed by atoms with E-state index in [1.807, 2.05) is 0 Å². The highest BCUT2D eigenvalue weighted by atomic mass is 16.5.